The summed E-state index contributed by atoms with van der Waals surface area (Å²) in [6.45, 7) is 0.228. The lowest BCUT2D eigenvalue weighted by atomic mass is 9.49. The molecule has 4 atom stereocenters. The summed E-state index contributed by atoms with van der Waals surface area (Å²) in [5.41, 5.74) is 0.188. The van der Waals surface area contributed by atoms with Gasteiger partial charge in [-0.25, -0.2) is 4.79 Å². The zero-order valence-corrected chi connectivity index (χ0v) is 15.8. The molecule has 2 unspecified atom stereocenters. The van der Waals surface area contributed by atoms with Crippen molar-refractivity contribution in [3.8, 4) is 0 Å². The second kappa shape index (κ2) is 6.42. The molecule has 5 rings (SSSR count). The Balaban J connectivity index is 1.29. The molecule has 134 valence electrons. The largest absolute Gasteiger partial charge is 0.462 e. The molecule has 25 heavy (non-hydrogen) atoms. The molecule has 4 aliphatic carbocycles. The van der Waals surface area contributed by atoms with Crippen molar-refractivity contribution < 1.29 is 19.1 Å². The van der Waals surface area contributed by atoms with E-state index in [2.05, 4.69) is 15.9 Å². The third kappa shape index (κ3) is 3.35. The van der Waals surface area contributed by atoms with Gasteiger partial charge in [0.05, 0.1) is 11.0 Å². The molecule has 0 spiro atoms. The molecule has 0 N–H and O–H groups in total. The summed E-state index contributed by atoms with van der Waals surface area (Å²) >= 11 is 3.91. The summed E-state index contributed by atoms with van der Waals surface area (Å²) in [7, 11) is 0. The number of hydrogen-bond acceptors (Lipinski definition) is 4. The SMILES string of the molecule is O=C(OCCOC(=O)C12C[C@@H]3C[C@@H](CC(Br)(C3)C1)C2)c1ccccc1. The van der Waals surface area contributed by atoms with Crippen LogP contribution in [0.2, 0.25) is 0 Å². The number of ether oxygens (including phenoxy) is 2. The Hall–Kier alpha value is -1.36. The summed E-state index contributed by atoms with van der Waals surface area (Å²) < 4.78 is 10.8. The summed E-state index contributed by atoms with van der Waals surface area (Å²) in [4.78, 5) is 24.7. The number of benzene rings is 1. The van der Waals surface area contributed by atoms with Crippen LogP contribution in [0.1, 0.15) is 48.9 Å². The van der Waals surface area contributed by atoms with E-state index in [0.29, 0.717) is 17.4 Å². The summed E-state index contributed by atoms with van der Waals surface area (Å²) in [6.07, 6.45) is 6.44. The third-order valence-corrected chi connectivity index (χ3v) is 6.91. The minimum Gasteiger partial charge on any atom is -0.462 e. The van der Waals surface area contributed by atoms with Crippen LogP contribution in [-0.2, 0) is 14.3 Å². The second-order valence-electron chi connectivity index (χ2n) is 8.03. The van der Waals surface area contributed by atoms with E-state index >= 15 is 0 Å². The van der Waals surface area contributed by atoms with Crippen LogP contribution in [0.25, 0.3) is 0 Å². The first-order valence-corrected chi connectivity index (χ1v) is 9.86. The molecule has 1 aromatic carbocycles. The van der Waals surface area contributed by atoms with E-state index < -0.39 is 0 Å². The highest BCUT2D eigenvalue weighted by atomic mass is 79.9. The maximum Gasteiger partial charge on any atom is 0.338 e. The first kappa shape index (κ1) is 17.1. The number of carbonyl (C=O) groups is 2. The van der Waals surface area contributed by atoms with E-state index in [0.717, 1.165) is 19.3 Å². The van der Waals surface area contributed by atoms with Gasteiger partial charge in [0.2, 0.25) is 0 Å². The molecule has 0 saturated heterocycles. The molecular weight excluding hydrogens is 384 g/mol. The lowest BCUT2D eigenvalue weighted by Gasteiger charge is -2.58. The van der Waals surface area contributed by atoms with Crippen molar-refractivity contribution in [3.05, 3.63) is 35.9 Å². The van der Waals surface area contributed by atoms with Gasteiger partial charge in [0, 0.05) is 4.32 Å². The third-order valence-electron chi connectivity index (χ3n) is 5.98. The highest BCUT2D eigenvalue weighted by molar-refractivity contribution is 9.10. The Morgan fingerprint density at radius 3 is 2.28 bits per heavy atom. The van der Waals surface area contributed by atoms with Gasteiger partial charge in [-0.3, -0.25) is 4.79 Å². The quantitative estimate of drug-likeness (QED) is 0.419. The molecule has 4 saturated carbocycles. The summed E-state index contributed by atoms with van der Waals surface area (Å²) in [5.74, 6) is 0.806. The average Bonchev–Trinajstić information content (AvgIpc) is 2.57. The van der Waals surface area contributed by atoms with Crippen LogP contribution in [0.15, 0.2) is 30.3 Å². The van der Waals surface area contributed by atoms with E-state index in [4.69, 9.17) is 9.47 Å². The minimum absolute atomic E-state index is 0.0961. The Morgan fingerprint density at radius 2 is 1.64 bits per heavy atom. The zero-order valence-electron chi connectivity index (χ0n) is 14.2. The van der Waals surface area contributed by atoms with Crippen LogP contribution in [0.5, 0.6) is 0 Å². The number of rotatable bonds is 5. The Morgan fingerprint density at radius 1 is 1.00 bits per heavy atom. The van der Waals surface area contributed by atoms with Crippen molar-refractivity contribution in [2.75, 3.05) is 13.2 Å². The zero-order chi connectivity index (χ0) is 17.5. The normalized spacial score (nSPS) is 35.4. The Kier molecular flexibility index (Phi) is 4.38. The van der Waals surface area contributed by atoms with Crippen LogP contribution in [-0.4, -0.2) is 29.5 Å². The minimum atomic E-state index is -0.383. The van der Waals surface area contributed by atoms with Crippen LogP contribution in [0, 0.1) is 17.3 Å². The predicted octanol–water partition coefficient (Wildman–Crippen LogP) is 4.12. The first-order valence-electron chi connectivity index (χ1n) is 9.06. The molecule has 5 heteroatoms. The molecule has 0 aromatic heterocycles. The maximum absolute atomic E-state index is 12.8. The lowest BCUT2D eigenvalue weighted by molar-refractivity contribution is -0.170. The molecule has 0 amide bonds. The molecule has 4 fully saturated rings. The van der Waals surface area contributed by atoms with Crippen molar-refractivity contribution in [2.24, 2.45) is 17.3 Å². The predicted molar refractivity (Wildman–Crippen MR) is 96.5 cm³/mol. The van der Waals surface area contributed by atoms with E-state index in [1.165, 1.54) is 19.3 Å². The van der Waals surface area contributed by atoms with Gasteiger partial charge in [0.25, 0.3) is 0 Å². The molecule has 4 aliphatic rings. The number of alkyl halides is 1. The molecular formula is C20H23BrO4. The van der Waals surface area contributed by atoms with E-state index in [1.807, 2.05) is 6.07 Å². The first-order chi connectivity index (χ1) is 12.0. The van der Waals surface area contributed by atoms with Crippen LogP contribution in [0.3, 0.4) is 0 Å². The number of hydrogen-bond donors (Lipinski definition) is 0. The summed E-state index contributed by atoms with van der Waals surface area (Å²) in [5, 5.41) is 0. The van der Waals surface area contributed by atoms with Gasteiger partial charge in [-0.1, -0.05) is 34.1 Å². The monoisotopic (exact) mass is 406 g/mol. The molecule has 0 aliphatic heterocycles. The molecule has 4 nitrogen and oxygen atoms in total. The highest BCUT2D eigenvalue weighted by Crippen LogP contribution is 2.64. The smallest absolute Gasteiger partial charge is 0.338 e. The van der Waals surface area contributed by atoms with Gasteiger partial charge in [-0.2, -0.15) is 0 Å². The van der Waals surface area contributed by atoms with Gasteiger partial charge >= 0.3 is 11.9 Å². The van der Waals surface area contributed by atoms with Gasteiger partial charge < -0.3 is 9.47 Å². The molecule has 0 radical (unpaired) electrons. The average molecular weight is 407 g/mol. The number of halogens is 1. The van der Waals surface area contributed by atoms with Gasteiger partial charge in [-0.15, -0.1) is 0 Å². The Labute approximate surface area is 156 Å². The molecule has 4 bridgehead atoms. The lowest BCUT2D eigenvalue weighted by Crippen LogP contribution is -2.56. The number of carbonyl (C=O) groups excluding carboxylic acids is 2. The van der Waals surface area contributed by atoms with E-state index in [9.17, 15) is 9.59 Å². The summed E-state index contributed by atoms with van der Waals surface area (Å²) in [6, 6.07) is 8.85. The topological polar surface area (TPSA) is 52.6 Å². The van der Waals surface area contributed by atoms with Crippen LogP contribution >= 0.6 is 15.9 Å². The highest BCUT2D eigenvalue weighted by Gasteiger charge is 2.60. The van der Waals surface area contributed by atoms with Crippen molar-refractivity contribution in [1.82, 2.24) is 0 Å². The van der Waals surface area contributed by atoms with Gasteiger partial charge in [0.15, 0.2) is 0 Å². The molecule has 0 heterocycles. The van der Waals surface area contributed by atoms with E-state index in [-0.39, 0.29) is 34.9 Å². The van der Waals surface area contributed by atoms with Crippen LogP contribution < -0.4 is 0 Å². The van der Waals surface area contributed by atoms with Crippen molar-refractivity contribution in [1.29, 1.82) is 0 Å². The fraction of sp³-hybridized carbons (Fsp3) is 0.600. The fourth-order valence-electron chi connectivity index (χ4n) is 5.47. The van der Waals surface area contributed by atoms with Crippen molar-refractivity contribution >= 4 is 27.9 Å². The second-order valence-corrected chi connectivity index (χ2v) is 9.71. The van der Waals surface area contributed by atoms with Crippen molar-refractivity contribution in [3.63, 3.8) is 0 Å². The molecule has 1 aromatic rings. The van der Waals surface area contributed by atoms with Gasteiger partial charge in [0.1, 0.15) is 13.2 Å². The fourth-order valence-corrected chi connectivity index (χ4v) is 6.92. The number of esters is 2. The standard InChI is InChI=1S/C20H23BrO4/c21-20-11-14-8-15(12-20)10-19(9-14,13-20)18(23)25-7-6-24-17(22)16-4-2-1-3-5-16/h1-5,14-15H,6-13H2/t14-,15+,19?,20?. The Bertz CT molecular complexity index is 658. The van der Waals surface area contributed by atoms with Gasteiger partial charge in [-0.05, 0) is 62.5 Å². The van der Waals surface area contributed by atoms with Crippen LogP contribution in [0.4, 0.5) is 0 Å². The van der Waals surface area contributed by atoms with Crippen molar-refractivity contribution in [2.45, 2.75) is 42.8 Å². The van der Waals surface area contributed by atoms with E-state index in [1.54, 1.807) is 24.3 Å². The maximum atomic E-state index is 12.8.